The number of fused-ring (bicyclic) bond motifs is 1. The Hall–Kier alpha value is -3.87. The number of esters is 1. The highest BCUT2D eigenvalue weighted by Crippen LogP contribution is 2.27. The maximum absolute atomic E-state index is 12.6. The van der Waals surface area contributed by atoms with Crippen LogP contribution in [0.25, 0.3) is 10.8 Å². The molecule has 4 rings (SSSR count). The Labute approximate surface area is 205 Å². The lowest BCUT2D eigenvalue weighted by atomic mass is 10.0. The van der Waals surface area contributed by atoms with E-state index in [1.807, 2.05) is 30.3 Å². The lowest BCUT2D eigenvalue weighted by Crippen LogP contribution is -2.24. The van der Waals surface area contributed by atoms with Crippen molar-refractivity contribution in [3.05, 3.63) is 106 Å². The molecule has 0 aliphatic rings. The van der Waals surface area contributed by atoms with Gasteiger partial charge in [0.05, 0.1) is 11.8 Å². The Morgan fingerprint density at radius 3 is 2.26 bits per heavy atom. The van der Waals surface area contributed by atoms with Gasteiger partial charge < -0.3 is 9.47 Å². The zero-order valence-corrected chi connectivity index (χ0v) is 19.2. The van der Waals surface area contributed by atoms with Crippen molar-refractivity contribution in [1.29, 1.82) is 0 Å². The molecule has 1 N–H and O–H groups in total. The van der Waals surface area contributed by atoms with Crippen LogP contribution in [-0.2, 0) is 4.79 Å². The van der Waals surface area contributed by atoms with Crippen molar-refractivity contribution in [2.75, 3.05) is 6.61 Å². The number of carbonyl (C=O) groups is 2. The number of hydrogen-bond donors (Lipinski definition) is 1. The molecular weight excluding hydrogens is 475 g/mol. The molecule has 6 nitrogen and oxygen atoms in total. The first-order valence-corrected chi connectivity index (χ1v) is 10.9. The maximum Gasteiger partial charge on any atom is 0.343 e. The first-order valence-electron chi connectivity index (χ1n) is 10.2. The molecule has 0 aromatic heterocycles. The average molecular weight is 493 g/mol. The molecule has 0 aliphatic heterocycles. The molecule has 0 atom stereocenters. The Kier molecular flexibility index (Phi) is 7.42. The number of hydrazone groups is 1. The van der Waals surface area contributed by atoms with Crippen molar-refractivity contribution in [2.24, 2.45) is 5.10 Å². The largest absolute Gasteiger partial charge is 0.484 e. The fourth-order valence-electron chi connectivity index (χ4n) is 3.12. The second-order valence-electron chi connectivity index (χ2n) is 7.13. The quantitative estimate of drug-likeness (QED) is 0.151. The Balaban J connectivity index is 1.50. The van der Waals surface area contributed by atoms with Crippen LogP contribution in [0.2, 0.25) is 10.0 Å². The summed E-state index contributed by atoms with van der Waals surface area (Å²) in [6.45, 7) is -0.229. The van der Waals surface area contributed by atoms with E-state index in [-0.39, 0.29) is 6.61 Å². The van der Waals surface area contributed by atoms with Gasteiger partial charge in [0.25, 0.3) is 5.91 Å². The summed E-state index contributed by atoms with van der Waals surface area (Å²) in [5, 5.41) is 6.86. The zero-order valence-electron chi connectivity index (χ0n) is 17.7. The molecule has 0 fully saturated rings. The summed E-state index contributed by atoms with van der Waals surface area (Å²) in [4.78, 5) is 24.8. The molecule has 8 heteroatoms. The van der Waals surface area contributed by atoms with Crippen molar-refractivity contribution >= 4 is 52.1 Å². The van der Waals surface area contributed by atoms with Crippen LogP contribution in [0.15, 0.2) is 90.0 Å². The second-order valence-corrected chi connectivity index (χ2v) is 8.00. The van der Waals surface area contributed by atoms with Gasteiger partial charge in [-0.2, -0.15) is 5.10 Å². The van der Waals surface area contributed by atoms with Gasteiger partial charge in [-0.3, -0.25) is 4.79 Å². The summed E-state index contributed by atoms with van der Waals surface area (Å²) >= 11 is 11.7. The highest BCUT2D eigenvalue weighted by atomic mass is 35.5. The minimum atomic E-state index is -0.540. The predicted molar refractivity (Wildman–Crippen MR) is 133 cm³/mol. The Bertz CT molecular complexity index is 1350. The molecule has 1 amide bonds. The third-order valence-corrected chi connectivity index (χ3v) is 5.28. The van der Waals surface area contributed by atoms with Gasteiger partial charge in [0.2, 0.25) is 0 Å². The van der Waals surface area contributed by atoms with Crippen LogP contribution in [0, 0.1) is 0 Å². The molecule has 0 radical (unpaired) electrons. The van der Waals surface area contributed by atoms with Gasteiger partial charge in [0, 0.05) is 15.6 Å². The highest BCUT2D eigenvalue weighted by molar-refractivity contribution is 6.30. The Morgan fingerprint density at radius 2 is 1.53 bits per heavy atom. The molecular formula is C26H18Cl2N2O4. The number of nitrogens with zero attached hydrogens (tertiary/aromatic N) is 1. The lowest BCUT2D eigenvalue weighted by Gasteiger charge is -2.11. The number of amides is 1. The molecule has 0 spiro atoms. The number of benzene rings is 4. The van der Waals surface area contributed by atoms with Crippen molar-refractivity contribution in [2.45, 2.75) is 0 Å². The lowest BCUT2D eigenvalue weighted by molar-refractivity contribution is -0.123. The van der Waals surface area contributed by atoms with E-state index in [1.165, 1.54) is 6.21 Å². The minimum absolute atomic E-state index is 0.229. The topological polar surface area (TPSA) is 77.0 Å². The van der Waals surface area contributed by atoms with Gasteiger partial charge in [-0.1, -0.05) is 53.5 Å². The van der Waals surface area contributed by atoms with Crippen LogP contribution in [0.4, 0.5) is 0 Å². The molecule has 34 heavy (non-hydrogen) atoms. The normalized spacial score (nSPS) is 10.9. The van der Waals surface area contributed by atoms with Crippen molar-refractivity contribution in [1.82, 2.24) is 5.43 Å². The summed E-state index contributed by atoms with van der Waals surface area (Å²) in [5.74, 6) is -0.184. The number of rotatable bonds is 7. The van der Waals surface area contributed by atoms with Gasteiger partial charge in [-0.15, -0.1) is 0 Å². The number of nitrogens with one attached hydrogen (secondary N) is 1. The molecule has 170 valence electrons. The van der Waals surface area contributed by atoms with Gasteiger partial charge in [0.1, 0.15) is 11.5 Å². The van der Waals surface area contributed by atoms with Gasteiger partial charge >= 0.3 is 5.97 Å². The monoisotopic (exact) mass is 492 g/mol. The SMILES string of the molecule is O=C(COc1ccc(Cl)cc1)NN=Cc1c(OC(=O)c2ccc(Cl)cc2)ccc2ccccc12. The van der Waals surface area contributed by atoms with Crippen LogP contribution in [-0.4, -0.2) is 24.7 Å². The molecule has 0 heterocycles. The summed E-state index contributed by atoms with van der Waals surface area (Å²) in [6.07, 6.45) is 1.44. The minimum Gasteiger partial charge on any atom is -0.484 e. The molecule has 4 aromatic rings. The third-order valence-electron chi connectivity index (χ3n) is 4.78. The first-order chi connectivity index (χ1) is 16.5. The van der Waals surface area contributed by atoms with Crippen molar-refractivity contribution < 1.29 is 19.1 Å². The van der Waals surface area contributed by atoms with Crippen LogP contribution in [0.3, 0.4) is 0 Å². The number of ether oxygens (including phenoxy) is 2. The van der Waals surface area contributed by atoms with Gasteiger partial charge in [-0.05, 0) is 65.4 Å². The molecule has 0 bridgehead atoms. The fraction of sp³-hybridized carbons (Fsp3) is 0.0385. The van der Waals surface area contributed by atoms with E-state index in [4.69, 9.17) is 32.7 Å². The smallest absolute Gasteiger partial charge is 0.343 e. The summed E-state index contributed by atoms with van der Waals surface area (Å²) in [7, 11) is 0. The molecule has 0 unspecified atom stereocenters. The number of hydrogen-bond acceptors (Lipinski definition) is 5. The van der Waals surface area contributed by atoms with E-state index in [2.05, 4.69) is 10.5 Å². The van der Waals surface area contributed by atoms with Crippen LogP contribution in [0.5, 0.6) is 11.5 Å². The van der Waals surface area contributed by atoms with Crippen molar-refractivity contribution in [3.8, 4) is 11.5 Å². The molecule has 0 saturated heterocycles. The fourth-order valence-corrected chi connectivity index (χ4v) is 3.38. The zero-order chi connectivity index (χ0) is 23.9. The van der Waals surface area contributed by atoms with Crippen molar-refractivity contribution in [3.63, 3.8) is 0 Å². The highest BCUT2D eigenvalue weighted by Gasteiger charge is 2.14. The van der Waals surface area contributed by atoms with E-state index in [0.717, 1.165) is 10.8 Å². The predicted octanol–water partition coefficient (Wildman–Crippen LogP) is 5.89. The van der Waals surface area contributed by atoms with Gasteiger partial charge in [-0.25, -0.2) is 10.2 Å². The molecule has 0 aliphatic carbocycles. The summed E-state index contributed by atoms with van der Waals surface area (Å²) in [5.41, 5.74) is 3.32. The van der Waals surface area contributed by atoms with E-state index in [9.17, 15) is 9.59 Å². The number of halogens is 2. The Morgan fingerprint density at radius 1 is 0.853 bits per heavy atom. The van der Waals surface area contributed by atoms with E-state index in [0.29, 0.717) is 32.7 Å². The maximum atomic E-state index is 12.6. The molecule has 0 saturated carbocycles. The van der Waals surface area contributed by atoms with Crippen LogP contribution in [0.1, 0.15) is 15.9 Å². The van der Waals surface area contributed by atoms with Gasteiger partial charge in [0.15, 0.2) is 6.61 Å². The summed E-state index contributed by atoms with van der Waals surface area (Å²) in [6, 6.07) is 24.1. The van der Waals surface area contributed by atoms with E-state index < -0.39 is 11.9 Å². The molecule has 4 aromatic carbocycles. The summed E-state index contributed by atoms with van der Waals surface area (Å²) < 4.78 is 11.0. The second kappa shape index (κ2) is 10.8. The van der Waals surface area contributed by atoms with E-state index >= 15 is 0 Å². The van der Waals surface area contributed by atoms with Crippen LogP contribution < -0.4 is 14.9 Å². The standard InChI is InChI=1S/C26H18Cl2N2O4/c27-19-8-5-18(6-9-19)26(32)34-24-14-7-17-3-1-2-4-22(17)23(24)15-29-30-25(31)16-33-21-12-10-20(28)11-13-21/h1-15H,16H2,(H,30,31). The average Bonchev–Trinajstić information content (AvgIpc) is 2.85. The first kappa shape index (κ1) is 23.3. The third kappa shape index (κ3) is 5.92. The van der Waals surface area contributed by atoms with E-state index in [1.54, 1.807) is 54.6 Å². The van der Waals surface area contributed by atoms with Crippen LogP contribution >= 0.6 is 23.2 Å². The number of carbonyl (C=O) groups excluding carboxylic acids is 2.